The van der Waals surface area contributed by atoms with Gasteiger partial charge in [0.2, 0.25) is 0 Å². The van der Waals surface area contributed by atoms with Crippen LogP contribution in [0.15, 0.2) is 78.9 Å². The topological polar surface area (TPSA) is 0 Å². The maximum Gasteiger partial charge on any atom is 2.00 e. The third-order valence-electron chi connectivity index (χ3n) is 2.69. The molecule has 0 aliphatic heterocycles. The summed E-state index contributed by atoms with van der Waals surface area (Å²) in [5.41, 5.74) is 3.98. The molecule has 0 bridgehead atoms. The Balaban J connectivity index is 0.000000256. The van der Waals surface area contributed by atoms with Crippen LogP contribution >= 0.6 is 15.9 Å². The fourth-order valence-electron chi connectivity index (χ4n) is 1.79. The normalized spacial score (nSPS) is 9.11. The van der Waals surface area contributed by atoms with Crippen molar-refractivity contribution in [3.05, 3.63) is 84.4 Å². The van der Waals surface area contributed by atoms with Crippen LogP contribution in [0.25, 0.3) is 11.1 Å². The molecule has 3 rings (SSSR count). The van der Waals surface area contributed by atoms with E-state index in [2.05, 4.69) is 58.4 Å². The second-order valence-corrected chi connectivity index (χ2v) is 4.49. The zero-order valence-electron chi connectivity index (χ0n) is 10.4. The summed E-state index contributed by atoms with van der Waals surface area (Å²) in [6.45, 7) is 0. The van der Waals surface area contributed by atoms with Crippen LogP contribution in [0.1, 0.15) is 5.56 Å². The summed E-state index contributed by atoms with van der Waals surface area (Å²) in [5, 5.41) is 0.921. The van der Waals surface area contributed by atoms with Gasteiger partial charge in [-0.2, -0.15) is 35.9 Å². The van der Waals surface area contributed by atoms with E-state index in [1.54, 1.807) is 0 Å². The van der Waals surface area contributed by atoms with Crippen molar-refractivity contribution in [3.8, 4) is 11.1 Å². The predicted octanol–water partition coefficient (Wildman–Crippen LogP) is 5.37. The second kappa shape index (κ2) is 8.92. The van der Waals surface area contributed by atoms with Crippen LogP contribution in [0.3, 0.4) is 0 Å². The Morgan fingerprint density at radius 1 is 0.842 bits per heavy atom. The molecule has 0 atom stereocenters. The van der Waals surface area contributed by atoms with E-state index in [-0.39, 0.29) is 17.1 Å². The monoisotopic (exact) mass is 354 g/mol. The van der Waals surface area contributed by atoms with Crippen LogP contribution in [0.5, 0.6) is 0 Å². The molecular weight excluding hydrogens is 340 g/mol. The summed E-state index contributed by atoms with van der Waals surface area (Å²) in [6.07, 6.45) is 0. The second-order valence-electron chi connectivity index (χ2n) is 3.93. The minimum atomic E-state index is 0. The molecule has 0 N–H and O–H groups in total. The van der Waals surface area contributed by atoms with Crippen LogP contribution in [0, 0.1) is 0 Å². The Hall–Kier alpha value is -1.08. The Kier molecular flexibility index (Phi) is 7.50. The molecule has 0 saturated carbocycles. The number of hydrogen-bond acceptors (Lipinski definition) is 0. The Labute approximate surface area is 133 Å². The van der Waals surface area contributed by atoms with E-state index in [9.17, 15) is 0 Å². The molecule has 0 aromatic heterocycles. The van der Waals surface area contributed by atoms with Gasteiger partial charge in [-0.15, -0.1) is 11.6 Å². The number of alkyl halides is 1. The molecular formula is C17H15BrFe. The maximum atomic E-state index is 3.48. The van der Waals surface area contributed by atoms with E-state index in [4.69, 9.17) is 0 Å². The molecule has 0 amide bonds. The van der Waals surface area contributed by atoms with Gasteiger partial charge >= 0.3 is 17.1 Å². The van der Waals surface area contributed by atoms with Gasteiger partial charge in [0.1, 0.15) is 0 Å². The van der Waals surface area contributed by atoms with E-state index >= 15 is 0 Å². The first-order valence-electron chi connectivity index (χ1n) is 5.94. The first-order valence-corrected chi connectivity index (χ1v) is 7.06. The molecule has 0 radical (unpaired) electrons. The van der Waals surface area contributed by atoms with Crippen LogP contribution in [-0.4, -0.2) is 0 Å². The van der Waals surface area contributed by atoms with Gasteiger partial charge in [-0.25, -0.2) is 12.1 Å². The molecule has 0 saturated heterocycles. The summed E-state index contributed by atoms with van der Waals surface area (Å²) >= 11 is 3.48. The third-order valence-corrected chi connectivity index (χ3v) is 3.29. The van der Waals surface area contributed by atoms with Gasteiger partial charge < -0.3 is 0 Å². The molecule has 19 heavy (non-hydrogen) atoms. The third kappa shape index (κ3) is 4.83. The molecule has 2 heteroatoms. The molecule has 0 aliphatic rings. The minimum Gasteiger partial charge on any atom is -0.214 e. The van der Waals surface area contributed by atoms with Gasteiger partial charge in [0.25, 0.3) is 0 Å². The van der Waals surface area contributed by atoms with Crippen molar-refractivity contribution in [2.45, 2.75) is 5.33 Å². The molecule has 0 aliphatic carbocycles. The van der Waals surface area contributed by atoms with Gasteiger partial charge in [0, 0.05) is 0 Å². The zero-order valence-corrected chi connectivity index (χ0v) is 13.1. The Bertz CT molecular complexity index is 520. The average molecular weight is 355 g/mol. The fraction of sp³-hybridized carbons (Fsp3) is 0.0588. The Morgan fingerprint density at radius 2 is 1.53 bits per heavy atom. The first kappa shape index (κ1) is 16.0. The number of hydrogen-bond donors (Lipinski definition) is 0. The molecule has 0 fully saturated rings. The number of rotatable bonds is 2. The van der Waals surface area contributed by atoms with E-state index < -0.39 is 0 Å². The maximum absolute atomic E-state index is 3.48. The molecule has 3 aromatic carbocycles. The molecule has 0 spiro atoms. The molecule has 98 valence electrons. The van der Waals surface area contributed by atoms with Crippen molar-refractivity contribution in [2.24, 2.45) is 0 Å². The number of benzene rings is 1. The smallest absolute Gasteiger partial charge is 0.214 e. The molecule has 3 aromatic rings. The van der Waals surface area contributed by atoms with Crippen molar-refractivity contribution in [3.63, 3.8) is 0 Å². The van der Waals surface area contributed by atoms with E-state index in [0.717, 1.165) is 5.33 Å². The quantitative estimate of drug-likeness (QED) is 0.329. The molecule has 0 heterocycles. The van der Waals surface area contributed by atoms with Crippen molar-refractivity contribution in [2.75, 3.05) is 0 Å². The van der Waals surface area contributed by atoms with E-state index in [1.165, 1.54) is 16.7 Å². The predicted molar refractivity (Wildman–Crippen MR) is 82.1 cm³/mol. The van der Waals surface area contributed by atoms with Crippen molar-refractivity contribution in [1.82, 2.24) is 0 Å². The standard InChI is InChI=1S/C12H10Br.C5H5.Fe/c13-9-11-7-4-8-12(11)10-5-2-1-3-6-10;1-2-4-5-3-1;/h1-8H,9H2;1-5H;/q2*-1;+2. The van der Waals surface area contributed by atoms with Gasteiger partial charge in [0.15, 0.2) is 0 Å². The average Bonchev–Trinajstić information content (AvgIpc) is 3.13. The molecule has 0 unspecified atom stereocenters. The van der Waals surface area contributed by atoms with Gasteiger partial charge in [-0.05, 0) is 5.33 Å². The summed E-state index contributed by atoms with van der Waals surface area (Å²) in [4.78, 5) is 0. The van der Waals surface area contributed by atoms with Crippen LogP contribution in [0.2, 0.25) is 0 Å². The van der Waals surface area contributed by atoms with Crippen molar-refractivity contribution >= 4 is 15.9 Å². The summed E-state index contributed by atoms with van der Waals surface area (Å²) < 4.78 is 0. The van der Waals surface area contributed by atoms with Crippen molar-refractivity contribution in [1.29, 1.82) is 0 Å². The largest absolute Gasteiger partial charge is 2.00 e. The minimum absolute atomic E-state index is 0. The van der Waals surface area contributed by atoms with E-state index in [0.29, 0.717) is 0 Å². The number of halogens is 1. The van der Waals surface area contributed by atoms with E-state index in [1.807, 2.05) is 36.4 Å². The first-order chi connectivity index (χ1) is 8.92. The summed E-state index contributed by atoms with van der Waals surface area (Å²) in [7, 11) is 0. The van der Waals surface area contributed by atoms with Gasteiger partial charge in [-0.3, -0.25) is 0 Å². The fourth-order valence-corrected chi connectivity index (χ4v) is 2.28. The SMILES string of the molecule is BrCc1cc[cH-]c1-c1ccccc1.[Fe+2].c1cc[cH-]c1. The zero-order chi connectivity index (χ0) is 12.6. The van der Waals surface area contributed by atoms with Gasteiger partial charge in [0.05, 0.1) is 0 Å². The van der Waals surface area contributed by atoms with Crippen LogP contribution in [0.4, 0.5) is 0 Å². The summed E-state index contributed by atoms with van der Waals surface area (Å²) in [6, 6.07) is 26.9. The van der Waals surface area contributed by atoms with Gasteiger partial charge in [-0.1, -0.05) is 51.8 Å². The summed E-state index contributed by atoms with van der Waals surface area (Å²) in [5.74, 6) is 0. The van der Waals surface area contributed by atoms with Crippen LogP contribution in [-0.2, 0) is 22.4 Å². The van der Waals surface area contributed by atoms with Crippen LogP contribution < -0.4 is 0 Å². The Morgan fingerprint density at radius 3 is 2.05 bits per heavy atom. The molecule has 0 nitrogen and oxygen atoms in total. The van der Waals surface area contributed by atoms with Crippen molar-refractivity contribution < 1.29 is 17.1 Å².